The first-order valence-electron chi connectivity index (χ1n) is 4.23. The van der Waals surface area contributed by atoms with Gasteiger partial charge in [-0.1, -0.05) is 24.3 Å². The van der Waals surface area contributed by atoms with Gasteiger partial charge in [0.25, 0.3) is 0 Å². The van der Waals surface area contributed by atoms with Gasteiger partial charge >= 0.3 is 0 Å². The lowest BCUT2D eigenvalue weighted by Crippen LogP contribution is -1.70. The molecule has 0 atom stereocenters. The second-order valence-electron chi connectivity index (χ2n) is 3.53. The maximum absolute atomic E-state index is 2.28. The summed E-state index contributed by atoms with van der Waals surface area (Å²) in [6, 6.07) is 13.4. The van der Waals surface area contributed by atoms with Crippen LogP contribution >= 0.6 is 0 Å². The van der Waals surface area contributed by atoms with Crippen LogP contribution in [-0.4, -0.2) is 0 Å². The SMILES string of the molecule is c1cc2cc3ccc4cc1C2=C43. The third kappa shape index (κ3) is 0.352. The topological polar surface area (TPSA) is 0 Å². The lowest BCUT2D eigenvalue weighted by molar-refractivity contribution is 1.77. The quantitative estimate of drug-likeness (QED) is 0.361. The van der Waals surface area contributed by atoms with Gasteiger partial charge in [0.1, 0.15) is 0 Å². The van der Waals surface area contributed by atoms with Crippen molar-refractivity contribution in [1.29, 1.82) is 0 Å². The van der Waals surface area contributed by atoms with Crippen molar-refractivity contribution in [2.24, 2.45) is 0 Å². The Morgan fingerprint density at radius 3 is 1.17 bits per heavy atom. The molecule has 0 aromatic rings. The van der Waals surface area contributed by atoms with Gasteiger partial charge in [-0.15, -0.1) is 0 Å². The molecule has 0 aromatic heterocycles. The molecule has 0 nitrogen and oxygen atoms in total. The van der Waals surface area contributed by atoms with E-state index in [1.165, 1.54) is 33.4 Å². The maximum Gasteiger partial charge on any atom is -0.00264 e. The highest BCUT2D eigenvalue weighted by molar-refractivity contribution is 6.13. The Hall–Kier alpha value is -1.56. The van der Waals surface area contributed by atoms with Crippen LogP contribution in [0.1, 0.15) is 22.3 Å². The largest absolute Gasteiger partial charge is 0.0537 e. The van der Waals surface area contributed by atoms with E-state index >= 15 is 0 Å². The Morgan fingerprint density at radius 2 is 0.833 bits per heavy atom. The van der Waals surface area contributed by atoms with Gasteiger partial charge in [0, 0.05) is 0 Å². The van der Waals surface area contributed by atoms with Gasteiger partial charge in [-0.05, 0) is 45.5 Å². The van der Waals surface area contributed by atoms with Crippen LogP contribution in [0, 0.1) is 0 Å². The van der Waals surface area contributed by atoms with E-state index < -0.39 is 0 Å². The standard InChI is InChI=1S/C12H6/c1-2-8-6-10-4-3-9-5-7(1)11(8)12(9)10/h1-6H. The van der Waals surface area contributed by atoms with E-state index in [1.54, 1.807) is 0 Å². The Kier molecular flexibility index (Phi) is 0.573. The molecule has 4 aliphatic rings. The summed E-state index contributed by atoms with van der Waals surface area (Å²) in [6.45, 7) is 0. The molecule has 0 radical (unpaired) electrons. The fraction of sp³-hybridized carbons (Fsp3) is 0. The smallest absolute Gasteiger partial charge is 0.00264 e. The van der Waals surface area contributed by atoms with Crippen molar-refractivity contribution in [3.05, 3.63) is 58.7 Å². The van der Waals surface area contributed by atoms with Gasteiger partial charge in [0.05, 0.1) is 0 Å². The minimum absolute atomic E-state index is 1.41. The summed E-state index contributed by atoms with van der Waals surface area (Å²) in [5, 5.41) is 0. The van der Waals surface area contributed by atoms with Crippen molar-refractivity contribution in [2.45, 2.75) is 0 Å². The Labute approximate surface area is 70.5 Å². The van der Waals surface area contributed by atoms with Crippen molar-refractivity contribution < 1.29 is 0 Å². The molecule has 0 bridgehead atoms. The van der Waals surface area contributed by atoms with Crippen molar-refractivity contribution in [1.82, 2.24) is 0 Å². The average Bonchev–Trinajstić information content (AvgIpc) is 2.71. The summed E-state index contributed by atoms with van der Waals surface area (Å²) in [6.07, 6.45) is 0. The fourth-order valence-electron chi connectivity index (χ4n) is 2.42. The Balaban J connectivity index is 2.41. The van der Waals surface area contributed by atoms with Crippen molar-refractivity contribution in [3.63, 3.8) is 0 Å². The van der Waals surface area contributed by atoms with Gasteiger partial charge in [0.15, 0.2) is 0 Å². The Morgan fingerprint density at radius 1 is 0.500 bits per heavy atom. The molecular formula is C12H6. The average molecular weight is 150 g/mol. The molecule has 0 amide bonds. The maximum atomic E-state index is 2.28. The predicted molar refractivity (Wildman–Crippen MR) is 49.1 cm³/mol. The van der Waals surface area contributed by atoms with Crippen LogP contribution < -0.4 is 0 Å². The highest BCUT2D eigenvalue weighted by Crippen LogP contribution is 2.49. The number of rotatable bonds is 0. The molecule has 4 aliphatic carbocycles. The molecule has 0 N–H and O–H groups in total. The summed E-state index contributed by atoms with van der Waals surface area (Å²) in [4.78, 5) is 0. The minimum atomic E-state index is 1.41. The van der Waals surface area contributed by atoms with Crippen LogP contribution in [0.25, 0.3) is 11.1 Å². The summed E-state index contributed by atoms with van der Waals surface area (Å²) in [7, 11) is 0. The molecule has 0 saturated heterocycles. The molecule has 4 rings (SSSR count). The number of hydrogen-bond donors (Lipinski definition) is 0. The molecule has 12 heavy (non-hydrogen) atoms. The first-order chi connectivity index (χ1) is 5.93. The van der Waals surface area contributed by atoms with Crippen molar-refractivity contribution in [3.8, 4) is 0 Å². The minimum Gasteiger partial charge on any atom is -0.0537 e. The highest BCUT2D eigenvalue weighted by atomic mass is 14.3. The van der Waals surface area contributed by atoms with Crippen LogP contribution in [0.4, 0.5) is 0 Å². The molecule has 0 unspecified atom stereocenters. The summed E-state index contributed by atoms with van der Waals surface area (Å²) in [5.74, 6) is 0. The van der Waals surface area contributed by atoms with E-state index in [9.17, 15) is 0 Å². The first kappa shape index (κ1) is 5.15. The summed E-state index contributed by atoms with van der Waals surface area (Å²) in [5.41, 5.74) is 8.59. The van der Waals surface area contributed by atoms with Gasteiger partial charge in [-0.3, -0.25) is 0 Å². The molecule has 0 saturated carbocycles. The molecule has 0 spiro atoms. The second kappa shape index (κ2) is 1.34. The third-order valence-electron chi connectivity index (χ3n) is 2.91. The number of hydrogen-bond acceptors (Lipinski definition) is 0. The van der Waals surface area contributed by atoms with E-state index in [1.807, 2.05) is 0 Å². The lowest BCUT2D eigenvalue weighted by Gasteiger charge is -1.92. The van der Waals surface area contributed by atoms with Gasteiger partial charge < -0.3 is 0 Å². The van der Waals surface area contributed by atoms with Crippen LogP contribution in [0.5, 0.6) is 0 Å². The molecule has 0 fully saturated rings. The molecular weight excluding hydrogens is 144 g/mol. The highest BCUT2D eigenvalue weighted by Gasteiger charge is 2.28. The molecule has 0 heterocycles. The van der Waals surface area contributed by atoms with Gasteiger partial charge in [0.2, 0.25) is 0 Å². The van der Waals surface area contributed by atoms with Crippen LogP contribution in [0.3, 0.4) is 0 Å². The van der Waals surface area contributed by atoms with Gasteiger partial charge in [-0.2, -0.15) is 0 Å². The monoisotopic (exact) mass is 150 g/mol. The lowest BCUT2D eigenvalue weighted by atomic mass is 10.1. The molecule has 0 aliphatic heterocycles. The van der Waals surface area contributed by atoms with Crippen LogP contribution in [-0.2, 0) is 0 Å². The van der Waals surface area contributed by atoms with Crippen LogP contribution in [0.2, 0.25) is 0 Å². The Bertz CT molecular complexity index is 428. The van der Waals surface area contributed by atoms with E-state index in [0.29, 0.717) is 0 Å². The van der Waals surface area contributed by atoms with Gasteiger partial charge in [-0.25, -0.2) is 0 Å². The molecule has 54 valence electrons. The summed E-state index contributed by atoms with van der Waals surface area (Å²) < 4.78 is 0. The zero-order chi connectivity index (χ0) is 7.71. The van der Waals surface area contributed by atoms with Crippen molar-refractivity contribution >= 4 is 11.1 Å². The zero-order valence-corrected chi connectivity index (χ0v) is 6.46. The normalized spacial score (nSPS) is 16.0. The fourth-order valence-corrected chi connectivity index (χ4v) is 2.42. The summed E-state index contributed by atoms with van der Waals surface area (Å²) >= 11 is 0. The molecule has 0 aromatic carbocycles. The van der Waals surface area contributed by atoms with E-state index in [-0.39, 0.29) is 0 Å². The van der Waals surface area contributed by atoms with E-state index in [0.717, 1.165) is 0 Å². The second-order valence-corrected chi connectivity index (χ2v) is 3.53. The third-order valence-corrected chi connectivity index (χ3v) is 2.91. The first-order valence-corrected chi connectivity index (χ1v) is 4.23. The zero-order valence-electron chi connectivity index (χ0n) is 6.46. The molecule has 0 heteroatoms. The predicted octanol–water partition coefficient (Wildman–Crippen LogP) is 2.76. The van der Waals surface area contributed by atoms with E-state index in [4.69, 9.17) is 0 Å². The van der Waals surface area contributed by atoms with E-state index in [2.05, 4.69) is 36.4 Å². The van der Waals surface area contributed by atoms with Crippen LogP contribution in [0.15, 0.2) is 36.4 Å². The van der Waals surface area contributed by atoms with Crippen molar-refractivity contribution in [2.75, 3.05) is 0 Å².